The van der Waals surface area contributed by atoms with Crippen LogP contribution in [0.1, 0.15) is 25.8 Å². The van der Waals surface area contributed by atoms with E-state index in [9.17, 15) is 14.0 Å². The first-order valence-corrected chi connectivity index (χ1v) is 6.86. The van der Waals surface area contributed by atoms with E-state index in [0.717, 1.165) is 0 Å². The van der Waals surface area contributed by atoms with E-state index in [1.54, 1.807) is 23.1 Å². The van der Waals surface area contributed by atoms with Crippen molar-refractivity contribution >= 4 is 11.8 Å². The fourth-order valence-electron chi connectivity index (χ4n) is 1.93. The average molecular weight is 280 g/mol. The van der Waals surface area contributed by atoms with E-state index >= 15 is 0 Å². The van der Waals surface area contributed by atoms with Crippen molar-refractivity contribution in [3.05, 3.63) is 35.6 Å². The van der Waals surface area contributed by atoms with Crippen LogP contribution in [0.15, 0.2) is 24.3 Å². The summed E-state index contributed by atoms with van der Waals surface area (Å²) in [5.41, 5.74) is 0.558. The van der Waals surface area contributed by atoms with Crippen molar-refractivity contribution in [2.24, 2.45) is 0 Å². The van der Waals surface area contributed by atoms with E-state index in [2.05, 4.69) is 5.32 Å². The molecule has 1 N–H and O–H groups in total. The Morgan fingerprint density at radius 2 is 1.85 bits per heavy atom. The molecule has 0 unspecified atom stereocenters. The zero-order valence-electron chi connectivity index (χ0n) is 12.0. The lowest BCUT2D eigenvalue weighted by molar-refractivity contribution is -0.135. The molecule has 1 aromatic rings. The van der Waals surface area contributed by atoms with Gasteiger partial charge in [0.2, 0.25) is 11.8 Å². The van der Waals surface area contributed by atoms with Crippen LogP contribution in [0, 0.1) is 5.82 Å². The quantitative estimate of drug-likeness (QED) is 0.773. The molecule has 0 bridgehead atoms. The van der Waals surface area contributed by atoms with Crippen molar-refractivity contribution in [1.29, 1.82) is 0 Å². The summed E-state index contributed by atoms with van der Waals surface area (Å²) < 4.78 is 13.3. The predicted molar refractivity (Wildman–Crippen MR) is 75.7 cm³/mol. The fourth-order valence-corrected chi connectivity index (χ4v) is 1.93. The molecule has 20 heavy (non-hydrogen) atoms. The van der Waals surface area contributed by atoms with Crippen molar-refractivity contribution in [1.82, 2.24) is 10.2 Å². The fraction of sp³-hybridized carbons (Fsp3) is 0.467. The number of nitrogens with zero attached hydrogens (tertiary/aromatic N) is 1. The van der Waals surface area contributed by atoms with Gasteiger partial charge in [0.1, 0.15) is 12.2 Å². The number of amides is 2. The largest absolute Gasteiger partial charge is 0.355 e. The van der Waals surface area contributed by atoms with Gasteiger partial charge in [-0.25, -0.2) is 4.39 Å². The van der Waals surface area contributed by atoms with E-state index in [1.807, 2.05) is 13.8 Å². The van der Waals surface area contributed by atoms with Gasteiger partial charge in [-0.3, -0.25) is 9.59 Å². The number of carbonyl (C=O) groups excluding carboxylic acids is 2. The third-order valence-corrected chi connectivity index (χ3v) is 3.10. The minimum absolute atomic E-state index is 0.154. The molecule has 0 atom stereocenters. The zero-order chi connectivity index (χ0) is 15.0. The summed E-state index contributed by atoms with van der Waals surface area (Å²) in [6, 6.07) is 6.45. The Hall–Kier alpha value is -1.91. The first-order chi connectivity index (χ1) is 9.58. The van der Waals surface area contributed by atoms with Crippen LogP contribution in [-0.2, 0) is 16.0 Å². The van der Waals surface area contributed by atoms with E-state index in [4.69, 9.17) is 0 Å². The smallest absolute Gasteiger partial charge is 0.231 e. The standard InChI is InChI=1S/C15H21FN2O2/c1-3-18(4-2)15(20)11-14(19)17-10-9-12-7-5-6-8-13(12)16/h5-8H,3-4,9-11H2,1-2H3,(H,17,19). The molecule has 0 fully saturated rings. The lowest BCUT2D eigenvalue weighted by Crippen LogP contribution is -2.36. The zero-order valence-corrected chi connectivity index (χ0v) is 12.0. The van der Waals surface area contributed by atoms with E-state index < -0.39 is 0 Å². The Morgan fingerprint density at radius 1 is 1.20 bits per heavy atom. The molecule has 2 amide bonds. The second kappa shape index (κ2) is 8.30. The van der Waals surface area contributed by atoms with Crippen molar-refractivity contribution in [2.75, 3.05) is 19.6 Å². The van der Waals surface area contributed by atoms with Gasteiger partial charge in [-0.05, 0) is 31.9 Å². The van der Waals surface area contributed by atoms with Crippen LogP contribution < -0.4 is 5.32 Å². The van der Waals surface area contributed by atoms with Gasteiger partial charge in [0, 0.05) is 19.6 Å². The lowest BCUT2D eigenvalue weighted by Gasteiger charge is -2.18. The van der Waals surface area contributed by atoms with Crippen LogP contribution >= 0.6 is 0 Å². The molecule has 110 valence electrons. The van der Waals surface area contributed by atoms with E-state index in [1.165, 1.54) is 6.07 Å². The van der Waals surface area contributed by atoms with Crippen molar-refractivity contribution < 1.29 is 14.0 Å². The van der Waals surface area contributed by atoms with E-state index in [0.29, 0.717) is 31.6 Å². The van der Waals surface area contributed by atoms with Gasteiger partial charge in [-0.2, -0.15) is 0 Å². The number of nitrogens with one attached hydrogen (secondary N) is 1. The number of hydrogen-bond donors (Lipinski definition) is 1. The minimum Gasteiger partial charge on any atom is -0.355 e. The topological polar surface area (TPSA) is 49.4 Å². The molecule has 5 heteroatoms. The lowest BCUT2D eigenvalue weighted by atomic mass is 10.1. The number of hydrogen-bond acceptors (Lipinski definition) is 2. The maximum absolute atomic E-state index is 13.3. The highest BCUT2D eigenvalue weighted by Crippen LogP contribution is 2.06. The number of rotatable bonds is 7. The van der Waals surface area contributed by atoms with Gasteiger partial charge in [-0.15, -0.1) is 0 Å². The second-order valence-corrected chi connectivity index (χ2v) is 4.43. The Morgan fingerprint density at radius 3 is 2.45 bits per heavy atom. The molecule has 0 aliphatic heterocycles. The molecule has 1 rings (SSSR count). The van der Waals surface area contributed by atoms with Crippen LogP contribution in [0.5, 0.6) is 0 Å². The molecule has 0 saturated heterocycles. The first kappa shape index (κ1) is 16.1. The van der Waals surface area contributed by atoms with Crippen molar-refractivity contribution in [3.8, 4) is 0 Å². The number of halogens is 1. The number of benzene rings is 1. The van der Waals surface area contributed by atoms with Crippen molar-refractivity contribution in [3.63, 3.8) is 0 Å². The maximum Gasteiger partial charge on any atom is 0.231 e. The van der Waals surface area contributed by atoms with Gasteiger partial charge in [0.05, 0.1) is 0 Å². The predicted octanol–water partition coefficient (Wildman–Crippen LogP) is 1.74. The average Bonchev–Trinajstić information content (AvgIpc) is 2.42. The summed E-state index contributed by atoms with van der Waals surface area (Å²) in [5.74, 6) is -0.780. The van der Waals surface area contributed by atoms with Gasteiger partial charge in [0.15, 0.2) is 0 Å². The molecule has 0 saturated carbocycles. The number of carbonyl (C=O) groups is 2. The summed E-state index contributed by atoms with van der Waals surface area (Å²) in [4.78, 5) is 24.9. The molecule has 1 aromatic carbocycles. The second-order valence-electron chi connectivity index (χ2n) is 4.43. The first-order valence-electron chi connectivity index (χ1n) is 6.86. The SMILES string of the molecule is CCN(CC)C(=O)CC(=O)NCCc1ccccc1F. The Kier molecular flexibility index (Phi) is 6.70. The van der Waals surface area contributed by atoms with Gasteiger partial charge in [0.25, 0.3) is 0 Å². The third-order valence-electron chi connectivity index (χ3n) is 3.10. The van der Waals surface area contributed by atoms with Crippen molar-refractivity contribution in [2.45, 2.75) is 26.7 Å². The van der Waals surface area contributed by atoms with Crippen LogP contribution in [0.25, 0.3) is 0 Å². The highest BCUT2D eigenvalue weighted by Gasteiger charge is 2.14. The Bertz CT molecular complexity index is 459. The van der Waals surface area contributed by atoms with Crippen LogP contribution in [-0.4, -0.2) is 36.3 Å². The highest BCUT2D eigenvalue weighted by atomic mass is 19.1. The Balaban J connectivity index is 2.34. The highest BCUT2D eigenvalue weighted by molar-refractivity contribution is 5.96. The molecule has 0 spiro atoms. The molecule has 4 nitrogen and oxygen atoms in total. The van der Waals surface area contributed by atoms with Gasteiger partial charge < -0.3 is 10.2 Å². The normalized spacial score (nSPS) is 10.2. The van der Waals surface area contributed by atoms with Crippen LogP contribution in [0.3, 0.4) is 0 Å². The minimum atomic E-state index is -0.321. The summed E-state index contributed by atoms with van der Waals surface area (Å²) >= 11 is 0. The van der Waals surface area contributed by atoms with Gasteiger partial charge >= 0.3 is 0 Å². The molecular weight excluding hydrogens is 259 g/mol. The summed E-state index contributed by atoms with van der Waals surface area (Å²) in [6.07, 6.45) is 0.261. The molecular formula is C15H21FN2O2. The molecule has 0 aliphatic carbocycles. The monoisotopic (exact) mass is 280 g/mol. The summed E-state index contributed by atoms with van der Waals surface area (Å²) in [6.45, 7) is 5.26. The molecule has 0 heterocycles. The molecule has 0 radical (unpaired) electrons. The maximum atomic E-state index is 13.3. The van der Waals surface area contributed by atoms with Crippen LogP contribution in [0.4, 0.5) is 4.39 Å². The van der Waals surface area contributed by atoms with E-state index in [-0.39, 0.29) is 24.1 Å². The molecule has 0 aliphatic rings. The molecule has 0 aromatic heterocycles. The Labute approximate surface area is 119 Å². The third kappa shape index (κ3) is 4.99. The van der Waals surface area contributed by atoms with Crippen LogP contribution in [0.2, 0.25) is 0 Å². The van der Waals surface area contributed by atoms with Gasteiger partial charge in [-0.1, -0.05) is 18.2 Å². The summed E-state index contributed by atoms with van der Waals surface area (Å²) in [5, 5.41) is 2.64. The summed E-state index contributed by atoms with van der Waals surface area (Å²) in [7, 11) is 0.